The smallest absolute Gasteiger partial charge is 0.357 e. The third kappa shape index (κ3) is 6.44. The van der Waals surface area contributed by atoms with Crippen molar-refractivity contribution in [1.29, 1.82) is 0 Å². The Morgan fingerprint density at radius 3 is 2.29 bits per heavy atom. The molecule has 0 saturated carbocycles. The number of carbonyl (C=O) groups is 1. The van der Waals surface area contributed by atoms with E-state index in [1.807, 2.05) is 0 Å². The average molecular weight is 617 g/mol. The minimum Gasteiger partial charge on any atom is -0.464 e. The molecule has 1 aliphatic rings. The first-order valence-electron chi connectivity index (χ1n) is 11.4. The Morgan fingerprint density at radius 1 is 0.974 bits per heavy atom. The topological polar surface area (TPSA) is 123 Å². The van der Waals surface area contributed by atoms with Crippen LogP contribution in [0.4, 0.5) is 5.82 Å². The quantitative estimate of drug-likeness (QED) is 0.339. The lowest BCUT2D eigenvalue weighted by Gasteiger charge is -2.25. The number of pyridine rings is 1. The van der Waals surface area contributed by atoms with Gasteiger partial charge in [0.1, 0.15) is 10.7 Å². The summed E-state index contributed by atoms with van der Waals surface area (Å²) in [5.74, 6) is -0.897. The molecule has 9 nitrogen and oxygen atoms in total. The van der Waals surface area contributed by atoms with Crippen molar-refractivity contribution in [2.45, 2.75) is 38.8 Å². The van der Waals surface area contributed by atoms with Crippen molar-refractivity contribution in [3.63, 3.8) is 0 Å². The first-order valence-corrected chi connectivity index (χ1v) is 15.9. The molecule has 38 heavy (non-hydrogen) atoms. The third-order valence-electron chi connectivity index (χ3n) is 5.66. The van der Waals surface area contributed by atoms with E-state index in [1.54, 1.807) is 12.1 Å². The molecule has 0 bridgehead atoms. The summed E-state index contributed by atoms with van der Waals surface area (Å²) in [5, 5.41) is 0.203. The number of nitrogens with zero attached hydrogens (tertiary/aromatic N) is 2. The molecular formula is C24H23Cl2N3O6S3. The van der Waals surface area contributed by atoms with Crippen LogP contribution < -0.4 is 4.72 Å². The molecule has 1 saturated heterocycles. The number of halogens is 2. The maximum absolute atomic E-state index is 12.9. The van der Waals surface area contributed by atoms with E-state index in [9.17, 15) is 21.6 Å². The number of esters is 1. The molecule has 0 atom stereocenters. The fourth-order valence-electron chi connectivity index (χ4n) is 3.78. The number of benzene rings is 2. The Bertz CT molecular complexity index is 1560. The number of ether oxygens (including phenoxy) is 1. The second-order valence-corrected chi connectivity index (χ2v) is 13.8. The summed E-state index contributed by atoms with van der Waals surface area (Å²) in [6, 6.07) is 13.2. The zero-order valence-corrected chi connectivity index (χ0v) is 24.0. The van der Waals surface area contributed by atoms with Gasteiger partial charge in [0.25, 0.3) is 10.0 Å². The molecule has 2 heterocycles. The number of methoxy groups -OCH3 is 1. The van der Waals surface area contributed by atoms with Gasteiger partial charge in [0.2, 0.25) is 10.0 Å². The van der Waals surface area contributed by atoms with Gasteiger partial charge in [0.15, 0.2) is 5.69 Å². The van der Waals surface area contributed by atoms with Crippen molar-refractivity contribution < 1.29 is 26.4 Å². The van der Waals surface area contributed by atoms with Gasteiger partial charge in [-0.3, -0.25) is 4.72 Å². The molecule has 0 spiro atoms. The molecule has 4 rings (SSSR count). The van der Waals surface area contributed by atoms with E-state index in [0.717, 1.165) is 31.0 Å². The number of aromatic nitrogens is 1. The highest BCUT2D eigenvalue weighted by Crippen LogP contribution is 2.33. The Balaban J connectivity index is 1.57. The number of piperidine rings is 1. The van der Waals surface area contributed by atoms with Crippen molar-refractivity contribution in [3.8, 4) is 0 Å². The fraction of sp³-hybridized carbons (Fsp3) is 0.250. The Morgan fingerprint density at radius 2 is 1.66 bits per heavy atom. The number of hydrogen-bond acceptors (Lipinski definition) is 8. The van der Waals surface area contributed by atoms with E-state index >= 15 is 0 Å². The van der Waals surface area contributed by atoms with E-state index < -0.39 is 26.0 Å². The first-order chi connectivity index (χ1) is 18.0. The van der Waals surface area contributed by atoms with Crippen LogP contribution in [0.5, 0.6) is 0 Å². The van der Waals surface area contributed by atoms with Gasteiger partial charge >= 0.3 is 5.97 Å². The number of hydrogen-bond donors (Lipinski definition) is 1. The van der Waals surface area contributed by atoms with E-state index in [2.05, 4.69) is 9.71 Å². The zero-order valence-electron chi connectivity index (χ0n) is 20.1. The number of carbonyl (C=O) groups excluding carboxylic acids is 1. The normalized spacial score (nSPS) is 14.7. The van der Waals surface area contributed by atoms with Crippen LogP contribution in [0, 0.1) is 0 Å². The van der Waals surface area contributed by atoms with Crippen LogP contribution in [0.15, 0.2) is 74.2 Å². The van der Waals surface area contributed by atoms with Crippen LogP contribution in [-0.4, -0.2) is 52.3 Å². The molecule has 0 amide bonds. The lowest BCUT2D eigenvalue weighted by Crippen LogP contribution is -2.35. The zero-order chi connectivity index (χ0) is 27.5. The molecule has 0 unspecified atom stereocenters. The van der Waals surface area contributed by atoms with Crippen LogP contribution in [0.3, 0.4) is 0 Å². The Hall–Kier alpha value is -2.35. The van der Waals surface area contributed by atoms with Gasteiger partial charge in [-0.15, -0.1) is 0 Å². The van der Waals surface area contributed by atoms with Gasteiger partial charge in [-0.25, -0.2) is 26.6 Å². The summed E-state index contributed by atoms with van der Waals surface area (Å²) >= 11 is 13.0. The van der Waals surface area contributed by atoms with E-state index in [1.165, 1.54) is 53.9 Å². The van der Waals surface area contributed by atoms with Crippen LogP contribution in [0.1, 0.15) is 29.8 Å². The summed E-state index contributed by atoms with van der Waals surface area (Å²) in [4.78, 5) is 17.7. The van der Waals surface area contributed by atoms with Crippen molar-refractivity contribution in [3.05, 3.63) is 70.3 Å². The minimum atomic E-state index is -4.13. The second-order valence-electron chi connectivity index (χ2n) is 8.25. The van der Waals surface area contributed by atoms with Crippen molar-refractivity contribution >= 4 is 66.8 Å². The molecule has 202 valence electrons. The van der Waals surface area contributed by atoms with Crippen LogP contribution in [0.25, 0.3) is 0 Å². The summed E-state index contributed by atoms with van der Waals surface area (Å²) in [7, 11) is -6.52. The molecule has 0 radical (unpaired) electrons. The SMILES string of the molecule is COC(=O)c1nc(NS(=O)(=O)c2ccc(Cl)cc2Cl)ccc1Sc1ccc(S(=O)(=O)N2CCCCC2)cc1. The molecule has 1 fully saturated rings. The van der Waals surface area contributed by atoms with Gasteiger partial charge in [0.05, 0.1) is 17.0 Å². The average Bonchev–Trinajstić information content (AvgIpc) is 2.89. The van der Waals surface area contributed by atoms with Gasteiger partial charge < -0.3 is 4.74 Å². The Labute approximate surface area is 235 Å². The first kappa shape index (κ1) is 28.7. The molecule has 0 aliphatic carbocycles. The number of sulfonamides is 2. The highest BCUT2D eigenvalue weighted by atomic mass is 35.5. The predicted octanol–water partition coefficient (Wildman–Crippen LogP) is 5.30. The lowest BCUT2D eigenvalue weighted by molar-refractivity contribution is 0.0590. The van der Waals surface area contributed by atoms with Gasteiger partial charge in [0, 0.05) is 27.9 Å². The van der Waals surface area contributed by atoms with E-state index in [4.69, 9.17) is 27.9 Å². The molecule has 1 N–H and O–H groups in total. The highest BCUT2D eigenvalue weighted by Gasteiger charge is 2.26. The minimum absolute atomic E-state index is 0.0730. The maximum Gasteiger partial charge on any atom is 0.357 e. The monoisotopic (exact) mass is 615 g/mol. The number of nitrogens with one attached hydrogen (secondary N) is 1. The van der Waals surface area contributed by atoms with Crippen molar-refractivity contribution in [2.24, 2.45) is 0 Å². The Kier molecular flexibility index (Phi) is 8.90. The molecular weight excluding hydrogens is 593 g/mol. The summed E-state index contributed by atoms with van der Waals surface area (Å²) in [5.41, 5.74) is -0.120. The third-order valence-corrected chi connectivity index (χ3v) is 10.7. The van der Waals surface area contributed by atoms with Crippen molar-refractivity contribution in [1.82, 2.24) is 9.29 Å². The van der Waals surface area contributed by atoms with Crippen molar-refractivity contribution in [2.75, 3.05) is 24.9 Å². The van der Waals surface area contributed by atoms with E-state index in [-0.39, 0.29) is 31.3 Å². The standard InChI is InChI=1S/C24H23Cl2N3O6S3/c1-35-24(30)23-20(10-12-22(27-23)28-37(31,32)21-11-5-16(25)15-19(21)26)36-17-6-8-18(9-7-17)38(33,34)29-13-3-2-4-14-29/h5-12,15H,2-4,13-14H2,1H3,(H,27,28). The maximum atomic E-state index is 12.9. The van der Waals surface area contributed by atoms with Gasteiger partial charge in [-0.05, 0) is 67.4 Å². The molecule has 14 heteroatoms. The summed E-state index contributed by atoms with van der Waals surface area (Å²) < 4.78 is 60.1. The van der Waals surface area contributed by atoms with Crippen LogP contribution in [0.2, 0.25) is 10.0 Å². The second kappa shape index (κ2) is 11.8. The molecule has 1 aromatic heterocycles. The molecule has 2 aromatic carbocycles. The fourth-order valence-corrected chi connectivity index (χ4v) is 7.96. The summed E-state index contributed by atoms with van der Waals surface area (Å²) in [6.45, 7) is 1.01. The number of rotatable bonds is 8. The highest BCUT2D eigenvalue weighted by molar-refractivity contribution is 7.99. The molecule has 3 aromatic rings. The van der Waals surface area contributed by atoms with Crippen LogP contribution >= 0.6 is 35.0 Å². The molecule has 1 aliphatic heterocycles. The van der Waals surface area contributed by atoms with Gasteiger partial charge in [-0.2, -0.15) is 4.31 Å². The predicted molar refractivity (Wildman–Crippen MR) is 146 cm³/mol. The van der Waals surface area contributed by atoms with Crippen LogP contribution in [-0.2, 0) is 24.8 Å². The lowest BCUT2D eigenvalue weighted by atomic mass is 10.2. The van der Waals surface area contributed by atoms with E-state index in [0.29, 0.717) is 22.9 Å². The summed E-state index contributed by atoms with van der Waals surface area (Å²) in [6.07, 6.45) is 2.71. The largest absolute Gasteiger partial charge is 0.464 e. The van der Waals surface area contributed by atoms with Gasteiger partial charge in [-0.1, -0.05) is 41.4 Å². The number of anilines is 1.